The summed E-state index contributed by atoms with van der Waals surface area (Å²) in [5.74, 6) is -0.190. The van der Waals surface area contributed by atoms with Gasteiger partial charge in [-0.25, -0.2) is 8.42 Å². The van der Waals surface area contributed by atoms with Crippen molar-refractivity contribution in [2.75, 3.05) is 5.75 Å². The van der Waals surface area contributed by atoms with E-state index in [4.69, 9.17) is 0 Å². The third kappa shape index (κ3) is 3.07. The minimum atomic E-state index is -3.14. The summed E-state index contributed by atoms with van der Waals surface area (Å²) < 4.78 is 24.5. The second-order valence-electron chi connectivity index (χ2n) is 6.64. The molecule has 3 rings (SSSR count). The fourth-order valence-corrected chi connectivity index (χ4v) is 6.04. The van der Waals surface area contributed by atoms with Crippen LogP contribution in [0.4, 0.5) is 0 Å². The molecule has 1 aliphatic heterocycles. The molecule has 0 radical (unpaired) electrons. The molecule has 2 unspecified atom stereocenters. The molecule has 1 aliphatic carbocycles. The molecule has 1 fully saturated rings. The Balaban J connectivity index is 1.77. The monoisotopic (exact) mass is 333 g/mol. The smallest absolute Gasteiger partial charge is 0.224 e. The van der Waals surface area contributed by atoms with Gasteiger partial charge in [-0.15, -0.1) is 0 Å². The number of rotatable bonds is 3. The summed E-state index contributed by atoms with van der Waals surface area (Å²) in [6, 6.07) is 9.75. The first-order valence-corrected chi connectivity index (χ1v) is 9.83. The van der Waals surface area contributed by atoms with Crippen LogP contribution in [0.15, 0.2) is 40.8 Å². The number of carbonyl (C=O) groups is 1. The summed E-state index contributed by atoms with van der Waals surface area (Å²) in [6.07, 6.45) is 2.01. The summed E-state index contributed by atoms with van der Waals surface area (Å²) in [7, 11) is -3.14. The summed E-state index contributed by atoms with van der Waals surface area (Å²) in [5, 5.41) is 3.06. The number of hydrogen-bond acceptors (Lipinski definition) is 3. The van der Waals surface area contributed by atoms with Crippen LogP contribution in [-0.2, 0) is 14.6 Å². The number of nitrogens with one attached hydrogen (secondary N) is 1. The maximum atomic E-state index is 12.7. The molecule has 2 aliphatic rings. The molecule has 0 aromatic heterocycles. The molecule has 1 aromatic carbocycles. The minimum absolute atomic E-state index is 0.0200. The molecule has 4 nitrogen and oxygen atoms in total. The molecule has 1 N–H and O–H groups in total. The van der Waals surface area contributed by atoms with E-state index in [0.29, 0.717) is 17.7 Å². The van der Waals surface area contributed by atoms with Gasteiger partial charge in [-0.05, 0) is 38.7 Å². The third-order valence-electron chi connectivity index (χ3n) is 5.10. The van der Waals surface area contributed by atoms with Crippen molar-refractivity contribution in [3.8, 4) is 0 Å². The Kier molecular flexibility index (Phi) is 4.32. The molecular formula is C18H23NO3S. The number of sulfone groups is 1. The molecule has 23 heavy (non-hydrogen) atoms. The lowest BCUT2D eigenvalue weighted by molar-refractivity contribution is -0.127. The Labute approximate surface area is 137 Å². The van der Waals surface area contributed by atoms with Crippen molar-refractivity contribution in [1.82, 2.24) is 5.32 Å². The molecule has 3 atom stereocenters. The van der Waals surface area contributed by atoms with Crippen LogP contribution in [0, 0.1) is 11.8 Å². The van der Waals surface area contributed by atoms with E-state index in [9.17, 15) is 13.2 Å². The first kappa shape index (κ1) is 16.2. The van der Waals surface area contributed by atoms with Crippen LogP contribution in [0.1, 0.15) is 44.7 Å². The number of allylic oxidation sites excluding steroid dienone is 2. The summed E-state index contributed by atoms with van der Waals surface area (Å²) in [6.45, 7) is 3.86. The maximum Gasteiger partial charge on any atom is 0.224 e. The van der Waals surface area contributed by atoms with Gasteiger partial charge in [0.1, 0.15) is 0 Å². The largest absolute Gasteiger partial charge is 0.349 e. The predicted octanol–water partition coefficient (Wildman–Crippen LogP) is 2.98. The van der Waals surface area contributed by atoms with Gasteiger partial charge < -0.3 is 5.32 Å². The first-order chi connectivity index (χ1) is 10.9. The van der Waals surface area contributed by atoms with Gasteiger partial charge in [0.05, 0.1) is 11.8 Å². The van der Waals surface area contributed by atoms with Crippen LogP contribution >= 0.6 is 0 Å². The zero-order chi connectivity index (χ0) is 16.6. The highest BCUT2D eigenvalue weighted by Crippen LogP contribution is 2.45. The van der Waals surface area contributed by atoms with Crippen molar-refractivity contribution in [1.29, 1.82) is 0 Å². The SMILES string of the molecule is CC1=C2C(CCS2(=O)=O)C(C(=O)N[C@H](C)c2ccccc2)CC1. The topological polar surface area (TPSA) is 63.2 Å². The standard InChI is InChI=1S/C18H23NO3S/c1-12-8-9-16(15-10-11-23(21,22)17(12)15)18(20)19-13(2)14-6-4-3-5-7-14/h3-7,13,15-16H,8-11H2,1-2H3,(H,19,20)/t13-,15?,16?/m1/s1. The molecule has 5 heteroatoms. The van der Waals surface area contributed by atoms with Gasteiger partial charge in [0.2, 0.25) is 5.91 Å². The van der Waals surface area contributed by atoms with Gasteiger partial charge >= 0.3 is 0 Å². The Hall–Kier alpha value is -1.62. The van der Waals surface area contributed by atoms with Crippen molar-refractivity contribution in [3.63, 3.8) is 0 Å². The number of hydrogen-bond donors (Lipinski definition) is 1. The van der Waals surface area contributed by atoms with Crippen molar-refractivity contribution in [3.05, 3.63) is 46.4 Å². The first-order valence-electron chi connectivity index (χ1n) is 8.18. The van der Waals surface area contributed by atoms with Crippen LogP contribution in [0.3, 0.4) is 0 Å². The van der Waals surface area contributed by atoms with Gasteiger partial charge in [0.25, 0.3) is 0 Å². The summed E-state index contributed by atoms with van der Waals surface area (Å²) in [5.41, 5.74) is 2.01. The fraction of sp³-hybridized carbons (Fsp3) is 0.500. The lowest BCUT2D eigenvalue weighted by Gasteiger charge is -2.30. The van der Waals surface area contributed by atoms with E-state index in [1.54, 1.807) is 0 Å². The van der Waals surface area contributed by atoms with E-state index in [1.165, 1.54) is 0 Å². The second-order valence-corrected chi connectivity index (χ2v) is 8.72. The molecule has 0 saturated carbocycles. The third-order valence-corrected chi connectivity index (χ3v) is 7.20. The molecule has 124 valence electrons. The Morgan fingerprint density at radius 1 is 1.22 bits per heavy atom. The van der Waals surface area contributed by atoms with Gasteiger partial charge in [0, 0.05) is 16.7 Å². The number of fused-ring (bicyclic) bond motifs is 1. The molecule has 1 heterocycles. The van der Waals surface area contributed by atoms with E-state index < -0.39 is 9.84 Å². The van der Waals surface area contributed by atoms with Crippen molar-refractivity contribution < 1.29 is 13.2 Å². The van der Waals surface area contributed by atoms with Gasteiger partial charge in [0.15, 0.2) is 9.84 Å². The lowest BCUT2D eigenvalue weighted by Crippen LogP contribution is -2.38. The number of amides is 1. The number of benzene rings is 1. The molecule has 1 amide bonds. The molecule has 0 bridgehead atoms. The van der Waals surface area contributed by atoms with Crippen LogP contribution < -0.4 is 5.32 Å². The fourth-order valence-electron chi connectivity index (χ4n) is 3.88. The summed E-state index contributed by atoms with van der Waals surface area (Å²) >= 11 is 0. The Morgan fingerprint density at radius 2 is 1.91 bits per heavy atom. The van der Waals surface area contributed by atoms with E-state index in [1.807, 2.05) is 44.2 Å². The van der Waals surface area contributed by atoms with Crippen molar-refractivity contribution in [2.45, 2.75) is 39.2 Å². The van der Waals surface area contributed by atoms with Crippen molar-refractivity contribution >= 4 is 15.7 Å². The maximum absolute atomic E-state index is 12.7. The molecule has 1 aromatic rings. The van der Waals surface area contributed by atoms with Gasteiger partial charge in [-0.3, -0.25) is 4.79 Å². The Morgan fingerprint density at radius 3 is 2.61 bits per heavy atom. The second kappa shape index (κ2) is 6.11. The lowest BCUT2D eigenvalue weighted by atomic mass is 9.79. The van der Waals surface area contributed by atoms with Crippen molar-refractivity contribution in [2.24, 2.45) is 11.8 Å². The average Bonchev–Trinajstić information content (AvgIpc) is 2.85. The molecule has 1 saturated heterocycles. The van der Waals surface area contributed by atoms with E-state index >= 15 is 0 Å². The zero-order valence-electron chi connectivity index (χ0n) is 13.6. The van der Waals surface area contributed by atoms with Gasteiger partial charge in [-0.1, -0.05) is 35.9 Å². The Bertz CT molecular complexity index is 737. The average molecular weight is 333 g/mol. The predicted molar refractivity (Wildman–Crippen MR) is 90.3 cm³/mol. The van der Waals surface area contributed by atoms with Crippen LogP contribution in [0.5, 0.6) is 0 Å². The number of carbonyl (C=O) groups excluding carboxylic acids is 1. The molecule has 0 spiro atoms. The van der Waals surface area contributed by atoms with Crippen LogP contribution in [0.25, 0.3) is 0 Å². The van der Waals surface area contributed by atoms with E-state index in [2.05, 4.69) is 5.32 Å². The normalized spacial score (nSPS) is 27.4. The minimum Gasteiger partial charge on any atom is -0.349 e. The zero-order valence-corrected chi connectivity index (χ0v) is 14.4. The summed E-state index contributed by atoms with van der Waals surface area (Å²) in [4.78, 5) is 13.3. The van der Waals surface area contributed by atoms with Gasteiger partial charge in [-0.2, -0.15) is 0 Å². The molecular weight excluding hydrogens is 310 g/mol. The highest BCUT2D eigenvalue weighted by molar-refractivity contribution is 7.95. The van der Waals surface area contributed by atoms with E-state index in [-0.39, 0.29) is 29.5 Å². The van der Waals surface area contributed by atoms with E-state index in [0.717, 1.165) is 17.6 Å². The van der Waals surface area contributed by atoms with Crippen LogP contribution in [-0.4, -0.2) is 20.1 Å². The highest BCUT2D eigenvalue weighted by Gasteiger charge is 2.45. The van der Waals surface area contributed by atoms with Crippen LogP contribution in [0.2, 0.25) is 0 Å². The highest BCUT2D eigenvalue weighted by atomic mass is 32.2. The quantitative estimate of drug-likeness (QED) is 0.925.